The minimum Gasteiger partial charge on any atom is -0.330 e. The standard InChI is InChI=1S/C7H17N/c1-3-7(2)5-4-6-8/h7H,3-6,8H2,1-2H3/t7-/m0/s1. The van der Waals surface area contributed by atoms with E-state index in [1.165, 1.54) is 19.3 Å². The van der Waals surface area contributed by atoms with E-state index in [0.717, 1.165) is 12.5 Å². The van der Waals surface area contributed by atoms with E-state index in [9.17, 15) is 0 Å². The average Bonchev–Trinajstić information content (AvgIpc) is 1.83. The van der Waals surface area contributed by atoms with Crippen LogP contribution < -0.4 is 5.73 Å². The number of nitrogens with two attached hydrogens (primary N) is 1. The van der Waals surface area contributed by atoms with Gasteiger partial charge in [-0.1, -0.05) is 20.3 Å². The molecular weight excluding hydrogens is 98.1 g/mol. The van der Waals surface area contributed by atoms with E-state index >= 15 is 0 Å². The second-order valence-corrected chi connectivity index (χ2v) is 2.44. The third-order valence-corrected chi connectivity index (χ3v) is 1.60. The molecule has 8 heavy (non-hydrogen) atoms. The minimum absolute atomic E-state index is 0.852. The Labute approximate surface area is 52.3 Å². The zero-order valence-electron chi connectivity index (χ0n) is 5.98. The molecule has 0 saturated heterocycles. The molecule has 1 atom stereocenters. The quantitative estimate of drug-likeness (QED) is 0.593. The van der Waals surface area contributed by atoms with E-state index in [1.54, 1.807) is 0 Å². The maximum Gasteiger partial charge on any atom is -0.00772 e. The summed E-state index contributed by atoms with van der Waals surface area (Å²) in [4.78, 5) is 0. The van der Waals surface area contributed by atoms with Crippen LogP contribution in [0.2, 0.25) is 0 Å². The zero-order chi connectivity index (χ0) is 6.41. The smallest absolute Gasteiger partial charge is 0.00772 e. The van der Waals surface area contributed by atoms with Crippen molar-refractivity contribution in [3.05, 3.63) is 0 Å². The summed E-state index contributed by atoms with van der Waals surface area (Å²) < 4.78 is 0. The number of hydrogen-bond acceptors (Lipinski definition) is 1. The van der Waals surface area contributed by atoms with Crippen molar-refractivity contribution in [1.29, 1.82) is 0 Å². The lowest BCUT2D eigenvalue weighted by molar-refractivity contribution is 0.499. The van der Waals surface area contributed by atoms with Crippen LogP contribution in [-0.4, -0.2) is 6.54 Å². The topological polar surface area (TPSA) is 26.0 Å². The van der Waals surface area contributed by atoms with E-state index in [2.05, 4.69) is 13.8 Å². The molecule has 0 heterocycles. The Morgan fingerprint density at radius 3 is 2.50 bits per heavy atom. The molecule has 1 heteroatoms. The molecule has 0 aliphatic carbocycles. The first-order chi connectivity index (χ1) is 3.81. The second kappa shape index (κ2) is 5.10. The van der Waals surface area contributed by atoms with Gasteiger partial charge in [0.2, 0.25) is 0 Å². The summed E-state index contributed by atoms with van der Waals surface area (Å²) in [6.45, 7) is 5.35. The van der Waals surface area contributed by atoms with Gasteiger partial charge in [-0.15, -0.1) is 0 Å². The highest BCUT2D eigenvalue weighted by Gasteiger charge is 1.94. The fourth-order valence-corrected chi connectivity index (χ4v) is 0.670. The SMILES string of the molecule is CC[C@H](C)CCCN. The van der Waals surface area contributed by atoms with Crippen LogP contribution in [0.15, 0.2) is 0 Å². The Morgan fingerprint density at radius 1 is 1.50 bits per heavy atom. The summed E-state index contributed by atoms with van der Waals surface area (Å²) in [5, 5.41) is 0. The fraction of sp³-hybridized carbons (Fsp3) is 1.00. The monoisotopic (exact) mass is 115 g/mol. The molecule has 0 aliphatic heterocycles. The van der Waals surface area contributed by atoms with Gasteiger partial charge in [0.25, 0.3) is 0 Å². The van der Waals surface area contributed by atoms with Gasteiger partial charge in [-0.05, 0) is 25.3 Å². The lowest BCUT2D eigenvalue weighted by Crippen LogP contribution is -2.01. The molecule has 50 valence electrons. The van der Waals surface area contributed by atoms with Crippen molar-refractivity contribution in [1.82, 2.24) is 0 Å². The Hall–Kier alpha value is -0.0400. The van der Waals surface area contributed by atoms with Gasteiger partial charge in [0.1, 0.15) is 0 Å². The van der Waals surface area contributed by atoms with Crippen LogP contribution in [0.1, 0.15) is 33.1 Å². The maximum atomic E-state index is 5.33. The van der Waals surface area contributed by atoms with Crippen LogP contribution in [0, 0.1) is 5.92 Å². The largest absolute Gasteiger partial charge is 0.330 e. The van der Waals surface area contributed by atoms with Crippen molar-refractivity contribution < 1.29 is 0 Å². The maximum absolute atomic E-state index is 5.33. The summed E-state index contributed by atoms with van der Waals surface area (Å²) in [6.07, 6.45) is 3.78. The molecule has 0 amide bonds. The van der Waals surface area contributed by atoms with Gasteiger partial charge >= 0.3 is 0 Å². The fourth-order valence-electron chi connectivity index (χ4n) is 0.670. The molecule has 0 spiro atoms. The van der Waals surface area contributed by atoms with Crippen LogP contribution in [0.5, 0.6) is 0 Å². The van der Waals surface area contributed by atoms with Gasteiger partial charge in [0.05, 0.1) is 0 Å². The van der Waals surface area contributed by atoms with Crippen molar-refractivity contribution >= 4 is 0 Å². The van der Waals surface area contributed by atoms with Crippen molar-refractivity contribution in [2.45, 2.75) is 33.1 Å². The van der Waals surface area contributed by atoms with Gasteiger partial charge in [-0.2, -0.15) is 0 Å². The Morgan fingerprint density at radius 2 is 2.12 bits per heavy atom. The number of hydrogen-bond donors (Lipinski definition) is 1. The first kappa shape index (κ1) is 7.96. The predicted octanol–water partition coefficient (Wildman–Crippen LogP) is 1.77. The van der Waals surface area contributed by atoms with Gasteiger partial charge in [-0.25, -0.2) is 0 Å². The molecule has 0 fully saturated rings. The molecule has 0 bridgehead atoms. The van der Waals surface area contributed by atoms with Crippen molar-refractivity contribution in [2.24, 2.45) is 11.7 Å². The van der Waals surface area contributed by atoms with Gasteiger partial charge in [0.15, 0.2) is 0 Å². The van der Waals surface area contributed by atoms with Crippen LogP contribution >= 0.6 is 0 Å². The lowest BCUT2D eigenvalue weighted by Gasteiger charge is -2.04. The normalized spacial score (nSPS) is 13.9. The molecule has 1 nitrogen and oxygen atoms in total. The molecular formula is C7H17N. The van der Waals surface area contributed by atoms with Crippen LogP contribution in [0.3, 0.4) is 0 Å². The summed E-state index contributed by atoms with van der Waals surface area (Å²) in [6, 6.07) is 0. The molecule has 0 aromatic rings. The highest BCUT2D eigenvalue weighted by Crippen LogP contribution is 2.07. The predicted molar refractivity (Wildman–Crippen MR) is 37.7 cm³/mol. The van der Waals surface area contributed by atoms with Crippen molar-refractivity contribution in [3.8, 4) is 0 Å². The summed E-state index contributed by atoms with van der Waals surface area (Å²) >= 11 is 0. The van der Waals surface area contributed by atoms with Crippen molar-refractivity contribution in [2.75, 3.05) is 6.54 Å². The Kier molecular flexibility index (Phi) is 5.08. The number of rotatable bonds is 4. The third-order valence-electron chi connectivity index (χ3n) is 1.60. The Balaban J connectivity index is 2.86. The van der Waals surface area contributed by atoms with E-state index in [4.69, 9.17) is 5.73 Å². The summed E-state index contributed by atoms with van der Waals surface area (Å²) in [5.74, 6) is 0.874. The van der Waals surface area contributed by atoms with Gasteiger partial charge in [-0.3, -0.25) is 0 Å². The molecule has 0 saturated carbocycles. The zero-order valence-corrected chi connectivity index (χ0v) is 5.98. The van der Waals surface area contributed by atoms with E-state index in [1.807, 2.05) is 0 Å². The average molecular weight is 115 g/mol. The Bertz CT molecular complexity index is 43.7. The first-order valence-electron chi connectivity index (χ1n) is 3.51. The molecule has 0 aromatic carbocycles. The molecule has 0 unspecified atom stereocenters. The minimum atomic E-state index is 0.852. The lowest BCUT2D eigenvalue weighted by atomic mass is 10.0. The molecule has 0 rings (SSSR count). The first-order valence-corrected chi connectivity index (χ1v) is 3.51. The third kappa shape index (κ3) is 4.13. The molecule has 0 aliphatic rings. The highest BCUT2D eigenvalue weighted by molar-refractivity contribution is 4.49. The van der Waals surface area contributed by atoms with E-state index in [0.29, 0.717) is 0 Å². The molecule has 0 radical (unpaired) electrons. The van der Waals surface area contributed by atoms with E-state index in [-0.39, 0.29) is 0 Å². The highest BCUT2D eigenvalue weighted by atomic mass is 14.5. The van der Waals surface area contributed by atoms with Gasteiger partial charge < -0.3 is 5.73 Å². The molecule has 2 N–H and O–H groups in total. The van der Waals surface area contributed by atoms with E-state index < -0.39 is 0 Å². The van der Waals surface area contributed by atoms with Crippen LogP contribution in [0.25, 0.3) is 0 Å². The van der Waals surface area contributed by atoms with Crippen LogP contribution in [-0.2, 0) is 0 Å². The molecule has 0 aromatic heterocycles. The van der Waals surface area contributed by atoms with Crippen LogP contribution in [0.4, 0.5) is 0 Å². The van der Waals surface area contributed by atoms with Gasteiger partial charge in [0, 0.05) is 0 Å². The summed E-state index contributed by atoms with van der Waals surface area (Å²) in [7, 11) is 0. The second-order valence-electron chi connectivity index (χ2n) is 2.44. The summed E-state index contributed by atoms with van der Waals surface area (Å²) in [5.41, 5.74) is 5.33. The van der Waals surface area contributed by atoms with Crippen molar-refractivity contribution in [3.63, 3.8) is 0 Å².